The Kier molecular flexibility index (Phi) is 4.27. The molecule has 1 aromatic heterocycles. The predicted molar refractivity (Wildman–Crippen MR) is 72.7 cm³/mol. The van der Waals surface area contributed by atoms with Crippen molar-refractivity contribution >= 4 is 28.6 Å². The maximum absolute atomic E-state index is 11.5. The summed E-state index contributed by atoms with van der Waals surface area (Å²) in [6.45, 7) is 0.117. The summed E-state index contributed by atoms with van der Waals surface area (Å²) >= 11 is 5.78. The normalized spacial score (nSPS) is 10.7. The number of fused-ring (bicyclic) bond motifs is 1. The van der Waals surface area contributed by atoms with Gasteiger partial charge >= 0.3 is 5.97 Å². The van der Waals surface area contributed by atoms with Crippen molar-refractivity contribution in [3.8, 4) is 5.75 Å². The van der Waals surface area contributed by atoms with Gasteiger partial charge in [-0.3, -0.25) is 4.79 Å². The average Bonchev–Trinajstić information content (AvgIpc) is 2.77. The van der Waals surface area contributed by atoms with Crippen molar-refractivity contribution in [2.24, 2.45) is 0 Å². The van der Waals surface area contributed by atoms with Gasteiger partial charge in [0.2, 0.25) is 0 Å². The molecule has 0 unspecified atom stereocenters. The van der Waals surface area contributed by atoms with Crippen molar-refractivity contribution in [2.45, 2.75) is 13.0 Å². The van der Waals surface area contributed by atoms with E-state index in [1.807, 2.05) is 22.8 Å². The van der Waals surface area contributed by atoms with Crippen molar-refractivity contribution < 1.29 is 14.3 Å². The number of aromatic nitrogens is 2. The van der Waals surface area contributed by atoms with Crippen LogP contribution in [0.2, 0.25) is 0 Å². The molecule has 0 N–H and O–H groups in total. The minimum atomic E-state index is -0.321. The van der Waals surface area contributed by atoms with Gasteiger partial charge in [0.15, 0.2) is 0 Å². The van der Waals surface area contributed by atoms with Crippen LogP contribution in [0.25, 0.3) is 11.0 Å². The van der Waals surface area contributed by atoms with Crippen LogP contribution >= 0.6 is 11.6 Å². The minimum absolute atomic E-state index is 0.117. The Morgan fingerprint density at radius 1 is 1.42 bits per heavy atom. The Hall–Kier alpha value is -1.75. The summed E-state index contributed by atoms with van der Waals surface area (Å²) in [5.41, 5.74) is 1.57. The van der Waals surface area contributed by atoms with Crippen LogP contribution < -0.4 is 4.74 Å². The lowest BCUT2D eigenvalue weighted by atomic mass is 10.3. The van der Waals surface area contributed by atoms with Crippen LogP contribution in [0, 0.1) is 0 Å². The van der Waals surface area contributed by atoms with Gasteiger partial charge in [0.05, 0.1) is 19.7 Å². The van der Waals surface area contributed by atoms with Crippen LogP contribution in [0.4, 0.5) is 0 Å². The molecule has 0 saturated carbocycles. The maximum atomic E-state index is 11.5. The minimum Gasteiger partial charge on any atom is -0.494 e. The Bertz CT molecular complexity index is 595. The summed E-state index contributed by atoms with van der Waals surface area (Å²) in [5, 5.41) is 0. The number of imidazole rings is 1. The number of nitrogens with zero attached hydrogens (tertiary/aromatic N) is 2. The quantitative estimate of drug-likeness (QED) is 0.622. The maximum Gasteiger partial charge on any atom is 0.325 e. The van der Waals surface area contributed by atoms with E-state index in [1.165, 1.54) is 7.11 Å². The average molecular weight is 283 g/mol. The second kappa shape index (κ2) is 5.93. The summed E-state index contributed by atoms with van der Waals surface area (Å²) in [6, 6.07) is 5.59. The van der Waals surface area contributed by atoms with Crippen LogP contribution in [0.5, 0.6) is 5.75 Å². The number of para-hydroxylation sites is 1. The number of alkyl halides is 1. The molecule has 1 heterocycles. The number of hydrogen-bond donors (Lipinski definition) is 0. The molecule has 0 saturated heterocycles. The number of esters is 1. The fourth-order valence-corrected chi connectivity index (χ4v) is 2.15. The van der Waals surface area contributed by atoms with Gasteiger partial charge in [-0.1, -0.05) is 6.07 Å². The van der Waals surface area contributed by atoms with E-state index in [4.69, 9.17) is 21.1 Å². The highest BCUT2D eigenvalue weighted by atomic mass is 35.5. The van der Waals surface area contributed by atoms with Gasteiger partial charge in [-0.25, -0.2) is 4.98 Å². The van der Waals surface area contributed by atoms with E-state index in [2.05, 4.69) is 4.98 Å². The lowest BCUT2D eigenvalue weighted by Gasteiger charge is -2.07. The monoisotopic (exact) mass is 282 g/mol. The van der Waals surface area contributed by atoms with E-state index in [-0.39, 0.29) is 12.5 Å². The van der Waals surface area contributed by atoms with Crippen molar-refractivity contribution in [3.63, 3.8) is 0 Å². The Morgan fingerprint density at radius 3 is 2.84 bits per heavy atom. The van der Waals surface area contributed by atoms with E-state index in [0.29, 0.717) is 18.1 Å². The van der Waals surface area contributed by atoms with Crippen LogP contribution in [0.1, 0.15) is 5.82 Å². The first-order valence-corrected chi connectivity index (χ1v) is 6.39. The zero-order valence-corrected chi connectivity index (χ0v) is 11.6. The molecular formula is C13H15ClN2O3. The van der Waals surface area contributed by atoms with E-state index < -0.39 is 0 Å². The van der Waals surface area contributed by atoms with E-state index in [9.17, 15) is 4.79 Å². The third-order valence-electron chi connectivity index (χ3n) is 2.87. The first-order valence-electron chi connectivity index (χ1n) is 5.86. The molecule has 6 heteroatoms. The van der Waals surface area contributed by atoms with Crippen molar-refractivity contribution in [1.29, 1.82) is 0 Å². The van der Waals surface area contributed by atoms with Gasteiger partial charge in [0.25, 0.3) is 0 Å². The molecule has 19 heavy (non-hydrogen) atoms. The van der Waals surface area contributed by atoms with Gasteiger partial charge in [0, 0.05) is 12.3 Å². The molecule has 0 aliphatic heterocycles. The summed E-state index contributed by atoms with van der Waals surface area (Å²) in [7, 11) is 2.96. The van der Waals surface area contributed by atoms with Gasteiger partial charge in [-0.2, -0.15) is 0 Å². The number of rotatable bonds is 5. The van der Waals surface area contributed by atoms with Gasteiger partial charge in [0.1, 0.15) is 23.6 Å². The highest BCUT2D eigenvalue weighted by Crippen LogP contribution is 2.26. The lowest BCUT2D eigenvalue weighted by molar-refractivity contribution is -0.141. The fraction of sp³-hybridized carbons (Fsp3) is 0.385. The second-order valence-corrected chi connectivity index (χ2v) is 4.34. The zero-order chi connectivity index (χ0) is 13.8. The summed E-state index contributed by atoms with van der Waals surface area (Å²) in [4.78, 5) is 16.0. The highest BCUT2D eigenvalue weighted by molar-refractivity contribution is 6.17. The molecule has 5 nitrogen and oxygen atoms in total. The first kappa shape index (κ1) is 13.7. The fourth-order valence-electron chi connectivity index (χ4n) is 1.98. The number of benzene rings is 1. The topological polar surface area (TPSA) is 53.4 Å². The van der Waals surface area contributed by atoms with E-state index >= 15 is 0 Å². The summed E-state index contributed by atoms with van der Waals surface area (Å²) in [5.74, 6) is 1.54. The molecule has 0 spiro atoms. The lowest BCUT2D eigenvalue weighted by Crippen LogP contribution is -2.14. The molecule has 0 aliphatic carbocycles. The largest absolute Gasteiger partial charge is 0.494 e. The smallest absolute Gasteiger partial charge is 0.325 e. The predicted octanol–water partition coefficient (Wildman–Crippen LogP) is 2.00. The van der Waals surface area contributed by atoms with Crippen LogP contribution in [0.3, 0.4) is 0 Å². The molecular weight excluding hydrogens is 268 g/mol. The molecule has 0 fully saturated rings. The molecule has 2 aromatic rings. The molecule has 102 valence electrons. The van der Waals surface area contributed by atoms with Crippen molar-refractivity contribution in [2.75, 3.05) is 20.1 Å². The van der Waals surface area contributed by atoms with Gasteiger partial charge in [-0.05, 0) is 12.1 Å². The van der Waals surface area contributed by atoms with Crippen LogP contribution in [0.15, 0.2) is 18.2 Å². The second-order valence-electron chi connectivity index (χ2n) is 3.96. The number of carbonyl (C=O) groups is 1. The highest BCUT2D eigenvalue weighted by Gasteiger charge is 2.16. The third-order valence-corrected chi connectivity index (χ3v) is 3.06. The SMILES string of the molecule is COC(=O)Cn1c(CCCl)nc2c(OC)cccc21. The first-order chi connectivity index (χ1) is 9.21. The Labute approximate surface area is 116 Å². The van der Waals surface area contributed by atoms with E-state index in [1.54, 1.807) is 7.11 Å². The number of ether oxygens (including phenoxy) is 2. The van der Waals surface area contributed by atoms with E-state index in [0.717, 1.165) is 16.9 Å². The summed E-state index contributed by atoms with van der Waals surface area (Å²) < 4.78 is 11.8. The standard InChI is InChI=1S/C13H15ClN2O3/c1-18-10-5-3-4-9-13(10)15-11(6-7-14)16(9)8-12(17)19-2/h3-5H,6-8H2,1-2H3. The molecule has 0 atom stereocenters. The number of carbonyl (C=O) groups excluding carboxylic acids is 1. The van der Waals surface area contributed by atoms with Crippen LogP contribution in [-0.2, 0) is 22.5 Å². The molecule has 1 aromatic carbocycles. The summed E-state index contributed by atoms with van der Waals surface area (Å²) in [6.07, 6.45) is 0.580. The molecule has 0 bridgehead atoms. The zero-order valence-electron chi connectivity index (χ0n) is 10.9. The third kappa shape index (κ3) is 2.66. The van der Waals surface area contributed by atoms with Crippen molar-refractivity contribution in [3.05, 3.63) is 24.0 Å². The molecule has 0 radical (unpaired) electrons. The molecule has 0 aliphatic rings. The Balaban J connectivity index is 2.56. The number of aryl methyl sites for hydroxylation is 1. The number of halogens is 1. The van der Waals surface area contributed by atoms with Crippen LogP contribution in [-0.4, -0.2) is 35.6 Å². The molecule has 2 rings (SSSR count). The molecule has 0 amide bonds. The Morgan fingerprint density at radius 2 is 2.21 bits per heavy atom. The number of methoxy groups -OCH3 is 2. The van der Waals surface area contributed by atoms with Gasteiger partial charge < -0.3 is 14.0 Å². The van der Waals surface area contributed by atoms with Gasteiger partial charge in [-0.15, -0.1) is 11.6 Å². The number of hydrogen-bond acceptors (Lipinski definition) is 4. The van der Waals surface area contributed by atoms with Crippen molar-refractivity contribution in [1.82, 2.24) is 9.55 Å².